The lowest BCUT2D eigenvalue weighted by atomic mass is 9.85. The molecule has 3 rings (SSSR count). The molecular weight excluding hydrogens is 339 g/mol. The number of oxime groups is 1. The van der Waals surface area contributed by atoms with Crippen LogP contribution in [0.25, 0.3) is 0 Å². The Hall–Kier alpha value is -2.01. The van der Waals surface area contributed by atoms with E-state index in [1.165, 1.54) is 12.1 Å². The quantitative estimate of drug-likeness (QED) is 0.694. The Kier molecular flexibility index (Phi) is 4.08. The van der Waals surface area contributed by atoms with E-state index in [2.05, 4.69) is 5.16 Å². The van der Waals surface area contributed by atoms with Gasteiger partial charge in [-0.1, -0.05) is 58.2 Å². The summed E-state index contributed by atoms with van der Waals surface area (Å²) in [6.45, 7) is 3.52. The fourth-order valence-electron chi connectivity index (χ4n) is 2.91. The minimum atomic E-state index is -4.59. The SMILES string of the molecule is Cc1cc(C)cc(C2(C(F)(F)F)CC(c3ccc(Cl)cc3)=NO2)c1. The molecule has 1 unspecified atom stereocenters. The van der Waals surface area contributed by atoms with E-state index in [4.69, 9.17) is 16.4 Å². The number of benzene rings is 2. The van der Waals surface area contributed by atoms with Crippen LogP contribution in [-0.2, 0) is 10.4 Å². The summed E-state index contributed by atoms with van der Waals surface area (Å²) in [5.41, 5.74) is -0.0775. The molecular formula is C18H15ClF3NO. The van der Waals surface area contributed by atoms with E-state index in [1.54, 1.807) is 38.1 Å². The Morgan fingerprint density at radius 3 is 2.17 bits per heavy atom. The third-order valence-corrected chi connectivity index (χ3v) is 4.30. The Labute approximate surface area is 142 Å². The van der Waals surface area contributed by atoms with Gasteiger partial charge in [-0.3, -0.25) is 0 Å². The molecule has 1 aliphatic rings. The van der Waals surface area contributed by atoms with Crippen LogP contribution in [0.5, 0.6) is 0 Å². The van der Waals surface area contributed by atoms with Gasteiger partial charge < -0.3 is 4.84 Å². The minimum absolute atomic E-state index is 0.0696. The van der Waals surface area contributed by atoms with Crippen LogP contribution < -0.4 is 0 Å². The van der Waals surface area contributed by atoms with Crippen molar-refractivity contribution in [3.63, 3.8) is 0 Å². The van der Waals surface area contributed by atoms with Gasteiger partial charge in [0.25, 0.3) is 5.60 Å². The van der Waals surface area contributed by atoms with Crippen molar-refractivity contribution in [3.8, 4) is 0 Å². The molecule has 0 spiro atoms. The number of halogens is 4. The van der Waals surface area contributed by atoms with E-state index >= 15 is 0 Å². The molecule has 2 aromatic rings. The maximum Gasteiger partial charge on any atom is 0.435 e. The van der Waals surface area contributed by atoms with E-state index in [-0.39, 0.29) is 17.7 Å². The fraction of sp³-hybridized carbons (Fsp3) is 0.278. The molecule has 24 heavy (non-hydrogen) atoms. The van der Waals surface area contributed by atoms with Crippen molar-refractivity contribution in [2.75, 3.05) is 0 Å². The monoisotopic (exact) mass is 353 g/mol. The smallest absolute Gasteiger partial charge is 0.374 e. The highest BCUT2D eigenvalue weighted by molar-refractivity contribution is 6.30. The van der Waals surface area contributed by atoms with Crippen molar-refractivity contribution in [1.29, 1.82) is 0 Å². The van der Waals surface area contributed by atoms with Gasteiger partial charge in [-0.25, -0.2) is 0 Å². The Bertz CT molecular complexity index is 779. The number of hydrogen-bond donors (Lipinski definition) is 0. The predicted molar refractivity (Wildman–Crippen MR) is 87.3 cm³/mol. The zero-order valence-electron chi connectivity index (χ0n) is 13.1. The molecule has 6 heteroatoms. The molecule has 0 radical (unpaired) electrons. The summed E-state index contributed by atoms with van der Waals surface area (Å²) >= 11 is 5.83. The van der Waals surface area contributed by atoms with Gasteiger partial charge in [-0.2, -0.15) is 13.2 Å². The van der Waals surface area contributed by atoms with Crippen molar-refractivity contribution < 1.29 is 18.0 Å². The highest BCUT2D eigenvalue weighted by atomic mass is 35.5. The molecule has 2 aromatic carbocycles. The largest absolute Gasteiger partial charge is 0.435 e. The summed E-state index contributed by atoms with van der Waals surface area (Å²) in [6, 6.07) is 11.3. The van der Waals surface area contributed by atoms with Crippen molar-refractivity contribution >= 4 is 17.3 Å². The van der Waals surface area contributed by atoms with Crippen LogP contribution in [0.1, 0.15) is 28.7 Å². The Balaban J connectivity index is 2.03. The molecule has 0 amide bonds. The summed E-state index contributed by atoms with van der Waals surface area (Å²) in [6.07, 6.45) is -4.97. The van der Waals surface area contributed by atoms with E-state index in [1.807, 2.05) is 6.07 Å². The predicted octanol–water partition coefficient (Wildman–Crippen LogP) is 5.54. The topological polar surface area (TPSA) is 21.6 Å². The second-order valence-electron chi connectivity index (χ2n) is 6.01. The van der Waals surface area contributed by atoms with Gasteiger partial charge in [0.1, 0.15) is 0 Å². The van der Waals surface area contributed by atoms with Crippen LogP contribution in [-0.4, -0.2) is 11.9 Å². The van der Waals surface area contributed by atoms with Gasteiger partial charge in [0.15, 0.2) is 0 Å². The molecule has 0 bridgehead atoms. The van der Waals surface area contributed by atoms with Crippen LogP contribution in [0.3, 0.4) is 0 Å². The summed E-state index contributed by atoms with van der Waals surface area (Å²) in [5.74, 6) is 0. The normalized spacial score (nSPS) is 20.7. The lowest BCUT2D eigenvalue weighted by Crippen LogP contribution is -2.42. The number of rotatable bonds is 2. The first kappa shape index (κ1) is 16.8. The molecule has 126 valence electrons. The lowest BCUT2D eigenvalue weighted by Gasteiger charge is -2.30. The molecule has 0 fully saturated rings. The van der Waals surface area contributed by atoms with Gasteiger partial charge in [0.2, 0.25) is 0 Å². The van der Waals surface area contributed by atoms with Gasteiger partial charge in [0, 0.05) is 17.0 Å². The standard InChI is InChI=1S/C18H15ClF3NO/c1-11-7-12(2)9-14(8-11)17(18(20,21)22)10-16(23-24-17)13-3-5-15(19)6-4-13/h3-9H,10H2,1-2H3. The second-order valence-corrected chi connectivity index (χ2v) is 6.45. The maximum absolute atomic E-state index is 13.9. The molecule has 1 heterocycles. The Morgan fingerprint density at radius 2 is 1.62 bits per heavy atom. The molecule has 0 aliphatic carbocycles. The lowest BCUT2D eigenvalue weighted by molar-refractivity contribution is -0.275. The Morgan fingerprint density at radius 1 is 1.04 bits per heavy atom. The van der Waals surface area contributed by atoms with Gasteiger partial charge in [0.05, 0.1) is 5.71 Å². The number of alkyl halides is 3. The van der Waals surface area contributed by atoms with Gasteiger partial charge >= 0.3 is 6.18 Å². The summed E-state index contributed by atoms with van der Waals surface area (Å²) in [5, 5.41) is 4.25. The van der Waals surface area contributed by atoms with Crippen LogP contribution in [0, 0.1) is 13.8 Å². The first-order valence-electron chi connectivity index (χ1n) is 7.38. The fourth-order valence-corrected chi connectivity index (χ4v) is 3.03. The first-order valence-corrected chi connectivity index (χ1v) is 7.75. The number of hydrogen-bond acceptors (Lipinski definition) is 2. The van der Waals surface area contributed by atoms with Crippen LogP contribution in [0.15, 0.2) is 47.6 Å². The van der Waals surface area contributed by atoms with Crippen molar-refractivity contribution in [2.45, 2.75) is 32.0 Å². The average molecular weight is 354 g/mol. The van der Waals surface area contributed by atoms with Crippen molar-refractivity contribution in [1.82, 2.24) is 0 Å². The van der Waals surface area contributed by atoms with Crippen molar-refractivity contribution in [3.05, 3.63) is 69.7 Å². The second kappa shape index (κ2) is 5.81. The van der Waals surface area contributed by atoms with Crippen LogP contribution in [0.2, 0.25) is 5.02 Å². The van der Waals surface area contributed by atoms with Crippen LogP contribution in [0.4, 0.5) is 13.2 Å². The zero-order valence-corrected chi connectivity index (χ0v) is 13.9. The van der Waals surface area contributed by atoms with Crippen LogP contribution >= 0.6 is 11.6 Å². The summed E-state index contributed by atoms with van der Waals surface area (Å²) in [7, 11) is 0. The average Bonchev–Trinajstić information content (AvgIpc) is 2.93. The number of aryl methyl sites for hydroxylation is 2. The molecule has 2 nitrogen and oxygen atoms in total. The highest BCUT2D eigenvalue weighted by Crippen LogP contribution is 2.49. The van der Waals surface area contributed by atoms with Gasteiger partial charge in [-0.05, 0) is 31.5 Å². The molecule has 0 saturated carbocycles. The molecule has 0 N–H and O–H groups in total. The molecule has 1 aliphatic heterocycles. The zero-order chi connectivity index (χ0) is 17.5. The van der Waals surface area contributed by atoms with E-state index in [9.17, 15) is 13.2 Å². The van der Waals surface area contributed by atoms with E-state index < -0.39 is 11.8 Å². The molecule has 0 aromatic heterocycles. The summed E-state index contributed by atoms with van der Waals surface area (Å²) in [4.78, 5) is 5.03. The first-order chi connectivity index (χ1) is 11.2. The third-order valence-electron chi connectivity index (χ3n) is 4.05. The highest BCUT2D eigenvalue weighted by Gasteiger charge is 2.62. The van der Waals surface area contributed by atoms with Gasteiger partial charge in [-0.15, -0.1) is 0 Å². The van der Waals surface area contributed by atoms with E-state index in [0.29, 0.717) is 10.6 Å². The van der Waals surface area contributed by atoms with E-state index in [0.717, 1.165) is 11.1 Å². The summed E-state index contributed by atoms with van der Waals surface area (Å²) < 4.78 is 41.7. The third kappa shape index (κ3) is 2.88. The van der Waals surface area contributed by atoms with Crippen molar-refractivity contribution in [2.24, 2.45) is 5.16 Å². The number of nitrogens with zero attached hydrogens (tertiary/aromatic N) is 1. The molecule has 0 saturated heterocycles. The minimum Gasteiger partial charge on any atom is -0.374 e. The maximum atomic E-state index is 13.9. The molecule has 1 atom stereocenters.